The fourth-order valence-electron chi connectivity index (χ4n) is 2.75. The molecule has 0 aromatic rings. The van der Waals surface area contributed by atoms with E-state index in [9.17, 15) is 0 Å². The molecule has 2 fully saturated rings. The van der Waals surface area contributed by atoms with Gasteiger partial charge in [0.2, 0.25) is 0 Å². The summed E-state index contributed by atoms with van der Waals surface area (Å²) in [7, 11) is 0. The molecule has 2 heterocycles. The van der Waals surface area contributed by atoms with Crippen molar-refractivity contribution in [2.24, 2.45) is 5.92 Å². The van der Waals surface area contributed by atoms with Crippen molar-refractivity contribution in [1.82, 2.24) is 4.90 Å². The Hall–Kier alpha value is -0.0800. The number of hydrogen-bond donors (Lipinski definition) is 0. The minimum Gasteiger partial charge on any atom is -0.380 e. The van der Waals surface area contributed by atoms with Crippen LogP contribution in [0.25, 0.3) is 0 Å². The number of fused-ring (bicyclic) bond motifs is 1. The normalized spacial score (nSPS) is 36.2. The SMILES string of the molecule is CC(C)(C)N1CCC2CCOCC21. The quantitative estimate of drug-likeness (QED) is 0.568. The Bertz CT molecular complexity index is 185. The van der Waals surface area contributed by atoms with Crippen LogP contribution in [0.3, 0.4) is 0 Å². The van der Waals surface area contributed by atoms with Crippen molar-refractivity contribution in [3.63, 3.8) is 0 Å². The van der Waals surface area contributed by atoms with Gasteiger partial charge < -0.3 is 4.74 Å². The van der Waals surface area contributed by atoms with Gasteiger partial charge in [0.15, 0.2) is 0 Å². The first-order chi connectivity index (χ1) is 6.09. The Labute approximate surface area is 81.3 Å². The van der Waals surface area contributed by atoms with Crippen molar-refractivity contribution < 1.29 is 4.74 Å². The van der Waals surface area contributed by atoms with Crippen molar-refractivity contribution in [2.75, 3.05) is 19.8 Å². The molecule has 2 saturated heterocycles. The van der Waals surface area contributed by atoms with Crippen molar-refractivity contribution in [3.8, 4) is 0 Å². The first kappa shape index (κ1) is 9.47. The number of hydrogen-bond acceptors (Lipinski definition) is 2. The van der Waals surface area contributed by atoms with Gasteiger partial charge in [0.05, 0.1) is 6.61 Å². The summed E-state index contributed by atoms with van der Waals surface area (Å²) in [6.07, 6.45) is 2.66. The van der Waals surface area contributed by atoms with E-state index in [0.29, 0.717) is 11.6 Å². The van der Waals surface area contributed by atoms with Gasteiger partial charge in [0, 0.05) is 18.2 Å². The molecule has 0 bridgehead atoms. The topological polar surface area (TPSA) is 12.5 Å². The van der Waals surface area contributed by atoms with E-state index in [1.807, 2.05) is 0 Å². The van der Waals surface area contributed by atoms with Gasteiger partial charge in [-0.25, -0.2) is 0 Å². The zero-order chi connectivity index (χ0) is 9.47. The lowest BCUT2D eigenvalue weighted by Gasteiger charge is -2.40. The summed E-state index contributed by atoms with van der Waals surface area (Å²) in [5, 5.41) is 0. The van der Waals surface area contributed by atoms with Crippen molar-refractivity contribution in [1.29, 1.82) is 0 Å². The molecular weight excluding hydrogens is 162 g/mol. The van der Waals surface area contributed by atoms with Crippen molar-refractivity contribution >= 4 is 0 Å². The highest BCUT2D eigenvalue weighted by Gasteiger charge is 2.40. The number of rotatable bonds is 0. The fourth-order valence-corrected chi connectivity index (χ4v) is 2.75. The monoisotopic (exact) mass is 183 g/mol. The molecule has 0 aliphatic carbocycles. The van der Waals surface area contributed by atoms with Gasteiger partial charge in [-0.1, -0.05) is 0 Å². The molecular formula is C11H21NO. The number of nitrogens with zero attached hydrogens (tertiary/aromatic N) is 1. The van der Waals surface area contributed by atoms with E-state index in [-0.39, 0.29) is 0 Å². The molecule has 2 rings (SSSR count). The van der Waals surface area contributed by atoms with E-state index in [1.165, 1.54) is 19.4 Å². The third-order valence-electron chi connectivity index (χ3n) is 3.47. The van der Waals surface area contributed by atoms with Crippen LogP contribution in [-0.4, -0.2) is 36.2 Å². The Morgan fingerprint density at radius 1 is 1.23 bits per heavy atom. The largest absolute Gasteiger partial charge is 0.380 e. The molecule has 0 amide bonds. The molecule has 76 valence electrons. The number of likely N-dealkylation sites (tertiary alicyclic amines) is 1. The summed E-state index contributed by atoms with van der Waals surface area (Å²) >= 11 is 0. The Morgan fingerprint density at radius 2 is 2.00 bits per heavy atom. The van der Waals surface area contributed by atoms with Crippen LogP contribution in [0.15, 0.2) is 0 Å². The van der Waals surface area contributed by atoms with Crippen LogP contribution in [0, 0.1) is 5.92 Å². The van der Waals surface area contributed by atoms with E-state index in [0.717, 1.165) is 19.1 Å². The van der Waals surface area contributed by atoms with Gasteiger partial charge in [-0.05, 0) is 46.1 Å². The van der Waals surface area contributed by atoms with E-state index >= 15 is 0 Å². The highest BCUT2D eigenvalue weighted by molar-refractivity contribution is 4.94. The van der Waals surface area contributed by atoms with E-state index < -0.39 is 0 Å². The fraction of sp³-hybridized carbons (Fsp3) is 1.00. The summed E-state index contributed by atoms with van der Waals surface area (Å²) in [4.78, 5) is 2.62. The lowest BCUT2D eigenvalue weighted by Crippen LogP contribution is -2.49. The Balaban J connectivity index is 2.07. The summed E-state index contributed by atoms with van der Waals surface area (Å²) in [6.45, 7) is 10.1. The highest BCUT2D eigenvalue weighted by Crippen LogP contribution is 2.34. The van der Waals surface area contributed by atoms with Gasteiger partial charge in [-0.15, -0.1) is 0 Å². The number of ether oxygens (including phenoxy) is 1. The van der Waals surface area contributed by atoms with Gasteiger partial charge in [0.1, 0.15) is 0 Å². The second kappa shape index (κ2) is 3.25. The molecule has 2 unspecified atom stereocenters. The molecule has 0 spiro atoms. The van der Waals surface area contributed by atoms with Gasteiger partial charge >= 0.3 is 0 Å². The minimum absolute atomic E-state index is 0.320. The maximum absolute atomic E-state index is 5.57. The molecule has 0 saturated carbocycles. The predicted octanol–water partition coefficient (Wildman–Crippen LogP) is 1.90. The van der Waals surface area contributed by atoms with Crippen LogP contribution in [-0.2, 0) is 4.74 Å². The van der Waals surface area contributed by atoms with Gasteiger partial charge in [0.25, 0.3) is 0 Å². The van der Waals surface area contributed by atoms with E-state index in [2.05, 4.69) is 25.7 Å². The molecule has 0 aromatic heterocycles. The van der Waals surface area contributed by atoms with Gasteiger partial charge in [-0.3, -0.25) is 4.90 Å². The standard InChI is InChI=1S/C11H21NO/c1-11(2,3)12-6-4-9-5-7-13-8-10(9)12/h9-10H,4-8H2,1-3H3. The third kappa shape index (κ3) is 1.75. The Kier molecular flexibility index (Phi) is 2.37. The first-order valence-corrected chi connectivity index (χ1v) is 5.43. The molecule has 0 N–H and O–H groups in total. The molecule has 2 aliphatic rings. The van der Waals surface area contributed by atoms with E-state index in [4.69, 9.17) is 4.74 Å². The molecule has 0 radical (unpaired) electrons. The summed E-state index contributed by atoms with van der Waals surface area (Å²) in [5.74, 6) is 0.910. The highest BCUT2D eigenvalue weighted by atomic mass is 16.5. The lowest BCUT2D eigenvalue weighted by atomic mass is 9.94. The Morgan fingerprint density at radius 3 is 2.69 bits per heavy atom. The molecule has 0 aromatic carbocycles. The first-order valence-electron chi connectivity index (χ1n) is 5.43. The van der Waals surface area contributed by atoms with Crippen LogP contribution in [0.4, 0.5) is 0 Å². The lowest BCUT2D eigenvalue weighted by molar-refractivity contribution is -0.0114. The van der Waals surface area contributed by atoms with Crippen LogP contribution in [0.5, 0.6) is 0 Å². The zero-order valence-electron chi connectivity index (χ0n) is 9.05. The minimum atomic E-state index is 0.320. The summed E-state index contributed by atoms with van der Waals surface area (Å²) in [5.41, 5.74) is 0.320. The van der Waals surface area contributed by atoms with Crippen molar-refractivity contribution in [3.05, 3.63) is 0 Å². The molecule has 2 aliphatic heterocycles. The second-order valence-electron chi connectivity index (χ2n) is 5.34. The molecule has 2 heteroatoms. The average molecular weight is 183 g/mol. The summed E-state index contributed by atoms with van der Waals surface area (Å²) in [6, 6.07) is 0.703. The maximum Gasteiger partial charge on any atom is 0.0624 e. The third-order valence-corrected chi connectivity index (χ3v) is 3.47. The smallest absolute Gasteiger partial charge is 0.0624 e. The molecule has 2 atom stereocenters. The van der Waals surface area contributed by atoms with Gasteiger partial charge in [-0.2, -0.15) is 0 Å². The van der Waals surface area contributed by atoms with Crippen LogP contribution < -0.4 is 0 Å². The second-order valence-corrected chi connectivity index (χ2v) is 5.34. The van der Waals surface area contributed by atoms with E-state index in [1.54, 1.807) is 0 Å². The molecule has 2 nitrogen and oxygen atoms in total. The maximum atomic E-state index is 5.57. The summed E-state index contributed by atoms with van der Waals surface area (Å²) < 4.78 is 5.57. The van der Waals surface area contributed by atoms with Crippen LogP contribution in [0.2, 0.25) is 0 Å². The zero-order valence-corrected chi connectivity index (χ0v) is 9.05. The van der Waals surface area contributed by atoms with Crippen LogP contribution >= 0.6 is 0 Å². The molecule has 13 heavy (non-hydrogen) atoms. The van der Waals surface area contributed by atoms with Crippen LogP contribution in [0.1, 0.15) is 33.6 Å². The van der Waals surface area contributed by atoms with Crippen molar-refractivity contribution in [2.45, 2.75) is 45.2 Å². The average Bonchev–Trinajstić information content (AvgIpc) is 2.45. The predicted molar refractivity (Wildman–Crippen MR) is 53.8 cm³/mol.